The van der Waals surface area contributed by atoms with Gasteiger partial charge in [-0.1, -0.05) is 18.6 Å². The first-order valence-corrected chi connectivity index (χ1v) is 7.81. The van der Waals surface area contributed by atoms with Crippen molar-refractivity contribution < 1.29 is 4.39 Å². The molecule has 2 nitrogen and oxygen atoms in total. The maximum absolute atomic E-state index is 13.4. The molecule has 0 amide bonds. The van der Waals surface area contributed by atoms with Crippen molar-refractivity contribution in [3.8, 4) is 0 Å². The summed E-state index contributed by atoms with van der Waals surface area (Å²) < 4.78 is 13.4. The third-order valence-electron chi connectivity index (χ3n) is 5.21. The van der Waals surface area contributed by atoms with Gasteiger partial charge in [0.2, 0.25) is 0 Å². The Morgan fingerprint density at radius 3 is 2.80 bits per heavy atom. The number of fused-ring (bicyclic) bond motifs is 2. The first kappa shape index (κ1) is 14.0. The van der Waals surface area contributed by atoms with E-state index in [1.165, 1.54) is 32.2 Å². The molecule has 0 spiro atoms. The van der Waals surface area contributed by atoms with Crippen LogP contribution in [0, 0.1) is 23.6 Å². The van der Waals surface area contributed by atoms with Crippen molar-refractivity contribution in [2.24, 2.45) is 23.5 Å². The van der Waals surface area contributed by atoms with E-state index in [2.05, 4.69) is 11.9 Å². The van der Waals surface area contributed by atoms with Crippen LogP contribution in [0.15, 0.2) is 18.2 Å². The zero-order valence-corrected chi connectivity index (χ0v) is 12.3. The Hall–Kier alpha value is -0.930. The minimum Gasteiger partial charge on any atom is -0.326 e. The highest BCUT2D eigenvalue weighted by molar-refractivity contribution is 5.25. The summed E-state index contributed by atoms with van der Waals surface area (Å²) in [5, 5.41) is 0. The van der Waals surface area contributed by atoms with Crippen LogP contribution in [0.25, 0.3) is 0 Å². The standard InChI is InChI=1S/C17H25FN2/c1-20(11-16-7-12-2-4-14(16)6-12)10-13-3-5-17(18)15(8-13)9-19/h3,5,8,12,14,16H,2,4,6-7,9-11,19H2,1H3. The number of halogens is 1. The number of hydrogen-bond donors (Lipinski definition) is 1. The monoisotopic (exact) mass is 276 g/mol. The van der Waals surface area contributed by atoms with Gasteiger partial charge in [0, 0.05) is 25.2 Å². The Bertz CT molecular complexity index is 474. The quantitative estimate of drug-likeness (QED) is 0.895. The molecular formula is C17H25FN2. The highest BCUT2D eigenvalue weighted by Gasteiger charge is 2.39. The maximum atomic E-state index is 13.4. The van der Waals surface area contributed by atoms with Gasteiger partial charge in [0.15, 0.2) is 0 Å². The van der Waals surface area contributed by atoms with Crippen molar-refractivity contribution in [3.05, 3.63) is 35.1 Å². The fourth-order valence-electron chi connectivity index (χ4n) is 4.26. The molecule has 0 saturated heterocycles. The SMILES string of the molecule is CN(Cc1ccc(F)c(CN)c1)CC1CC2CCC1C2. The summed E-state index contributed by atoms with van der Waals surface area (Å²) in [5.41, 5.74) is 7.36. The molecule has 0 radical (unpaired) electrons. The molecule has 2 bridgehead atoms. The predicted molar refractivity (Wildman–Crippen MR) is 79.6 cm³/mol. The van der Waals surface area contributed by atoms with Gasteiger partial charge < -0.3 is 10.6 Å². The fourth-order valence-corrected chi connectivity index (χ4v) is 4.26. The van der Waals surface area contributed by atoms with Crippen LogP contribution in [0.5, 0.6) is 0 Å². The second-order valence-electron chi connectivity index (χ2n) is 6.76. The van der Waals surface area contributed by atoms with Crippen molar-refractivity contribution in [2.75, 3.05) is 13.6 Å². The molecule has 20 heavy (non-hydrogen) atoms. The summed E-state index contributed by atoms with van der Waals surface area (Å²) in [6, 6.07) is 5.33. The van der Waals surface area contributed by atoms with Crippen LogP contribution in [0.3, 0.4) is 0 Å². The topological polar surface area (TPSA) is 29.3 Å². The summed E-state index contributed by atoms with van der Waals surface area (Å²) in [7, 11) is 2.18. The van der Waals surface area contributed by atoms with Gasteiger partial charge in [-0.3, -0.25) is 0 Å². The van der Waals surface area contributed by atoms with E-state index in [-0.39, 0.29) is 12.4 Å². The largest absolute Gasteiger partial charge is 0.326 e. The molecule has 110 valence electrons. The molecular weight excluding hydrogens is 251 g/mol. The molecule has 3 heteroatoms. The van der Waals surface area contributed by atoms with Crippen molar-refractivity contribution in [3.63, 3.8) is 0 Å². The molecule has 3 unspecified atom stereocenters. The molecule has 3 atom stereocenters. The Morgan fingerprint density at radius 2 is 2.15 bits per heavy atom. The lowest BCUT2D eigenvalue weighted by Crippen LogP contribution is -2.28. The van der Waals surface area contributed by atoms with Crippen molar-refractivity contribution in [1.29, 1.82) is 0 Å². The van der Waals surface area contributed by atoms with Crippen LogP contribution in [0.4, 0.5) is 4.39 Å². The second kappa shape index (κ2) is 5.82. The summed E-state index contributed by atoms with van der Waals surface area (Å²) in [5.74, 6) is 2.67. The molecule has 0 aromatic heterocycles. The average molecular weight is 276 g/mol. The third-order valence-corrected chi connectivity index (χ3v) is 5.21. The van der Waals surface area contributed by atoms with Gasteiger partial charge in [-0.15, -0.1) is 0 Å². The van der Waals surface area contributed by atoms with Crippen LogP contribution in [0.1, 0.15) is 36.8 Å². The predicted octanol–water partition coefficient (Wildman–Crippen LogP) is 3.15. The molecule has 2 aliphatic rings. The first-order valence-electron chi connectivity index (χ1n) is 7.81. The minimum absolute atomic E-state index is 0.188. The van der Waals surface area contributed by atoms with Crippen LogP contribution < -0.4 is 5.73 Å². The Morgan fingerprint density at radius 1 is 1.30 bits per heavy atom. The molecule has 1 aromatic carbocycles. The Labute approximate surface area is 121 Å². The van der Waals surface area contributed by atoms with E-state index in [0.717, 1.165) is 29.9 Å². The molecule has 2 fully saturated rings. The summed E-state index contributed by atoms with van der Waals surface area (Å²) in [6.45, 7) is 2.34. The normalized spacial score (nSPS) is 28.5. The van der Waals surface area contributed by atoms with Crippen molar-refractivity contribution >= 4 is 0 Å². The van der Waals surface area contributed by atoms with Crippen molar-refractivity contribution in [1.82, 2.24) is 4.90 Å². The van der Waals surface area contributed by atoms with Crippen LogP contribution in [-0.2, 0) is 13.1 Å². The molecule has 2 N–H and O–H groups in total. The van der Waals surface area contributed by atoms with Gasteiger partial charge in [0.25, 0.3) is 0 Å². The van der Waals surface area contributed by atoms with E-state index < -0.39 is 0 Å². The first-order chi connectivity index (χ1) is 9.65. The summed E-state index contributed by atoms with van der Waals surface area (Å²) >= 11 is 0. The van der Waals surface area contributed by atoms with E-state index in [1.807, 2.05) is 12.1 Å². The Balaban J connectivity index is 1.57. The van der Waals surface area contributed by atoms with E-state index in [9.17, 15) is 4.39 Å². The number of rotatable bonds is 5. The molecule has 1 aromatic rings. The summed E-state index contributed by atoms with van der Waals surface area (Å²) in [4.78, 5) is 2.39. The lowest BCUT2D eigenvalue weighted by molar-refractivity contribution is 0.214. The van der Waals surface area contributed by atoms with Crippen molar-refractivity contribution in [2.45, 2.75) is 38.8 Å². The van der Waals surface area contributed by atoms with Gasteiger partial charge in [0.05, 0.1) is 0 Å². The van der Waals surface area contributed by atoms with Crippen LogP contribution in [0.2, 0.25) is 0 Å². The van der Waals surface area contributed by atoms with Gasteiger partial charge in [-0.05, 0) is 55.7 Å². The minimum atomic E-state index is -0.188. The Kier molecular flexibility index (Phi) is 4.08. The van der Waals surface area contributed by atoms with Crippen LogP contribution >= 0.6 is 0 Å². The molecule has 3 rings (SSSR count). The highest BCUT2D eigenvalue weighted by atomic mass is 19.1. The average Bonchev–Trinajstić information content (AvgIpc) is 3.03. The van der Waals surface area contributed by atoms with Gasteiger partial charge in [-0.2, -0.15) is 0 Å². The lowest BCUT2D eigenvalue weighted by Gasteiger charge is -2.27. The zero-order valence-electron chi connectivity index (χ0n) is 12.3. The van der Waals surface area contributed by atoms with E-state index >= 15 is 0 Å². The number of nitrogens with two attached hydrogens (primary N) is 1. The van der Waals surface area contributed by atoms with Crippen LogP contribution in [-0.4, -0.2) is 18.5 Å². The smallest absolute Gasteiger partial charge is 0.127 e. The summed E-state index contributed by atoms with van der Waals surface area (Å²) in [6.07, 6.45) is 5.79. The maximum Gasteiger partial charge on any atom is 0.127 e. The van der Waals surface area contributed by atoms with E-state index in [1.54, 1.807) is 6.07 Å². The molecule has 0 heterocycles. The lowest BCUT2D eigenvalue weighted by atomic mass is 9.88. The van der Waals surface area contributed by atoms with E-state index in [0.29, 0.717) is 5.56 Å². The number of hydrogen-bond acceptors (Lipinski definition) is 2. The van der Waals surface area contributed by atoms with E-state index in [4.69, 9.17) is 5.73 Å². The molecule has 0 aliphatic heterocycles. The highest BCUT2D eigenvalue weighted by Crippen LogP contribution is 2.48. The number of nitrogens with zero attached hydrogens (tertiary/aromatic N) is 1. The van der Waals surface area contributed by atoms with Gasteiger partial charge in [0.1, 0.15) is 5.82 Å². The molecule has 2 saturated carbocycles. The van der Waals surface area contributed by atoms with Gasteiger partial charge >= 0.3 is 0 Å². The zero-order chi connectivity index (χ0) is 14.1. The number of benzene rings is 1. The second-order valence-corrected chi connectivity index (χ2v) is 6.76. The fraction of sp³-hybridized carbons (Fsp3) is 0.647. The molecule has 2 aliphatic carbocycles. The third kappa shape index (κ3) is 2.89. The van der Waals surface area contributed by atoms with Gasteiger partial charge in [-0.25, -0.2) is 4.39 Å².